The lowest BCUT2D eigenvalue weighted by Crippen LogP contribution is -2.38. The molecule has 3 aromatic rings. The Hall–Kier alpha value is -3.36. The van der Waals surface area contributed by atoms with Gasteiger partial charge in [0.15, 0.2) is 0 Å². The summed E-state index contributed by atoms with van der Waals surface area (Å²) in [7, 11) is -4.06. The SMILES string of the molecule is CCOC(=O)c1ccc(NC(=O)CN(c2cccc(C)c2)S(=O)(=O)c2ccc(Cl)cc2)c(C)c1. The molecule has 0 fully saturated rings. The monoisotopic (exact) mass is 500 g/mol. The zero-order valence-electron chi connectivity index (χ0n) is 19.0. The van der Waals surface area contributed by atoms with Gasteiger partial charge in [-0.2, -0.15) is 0 Å². The van der Waals surface area contributed by atoms with Crippen LogP contribution in [0.3, 0.4) is 0 Å². The van der Waals surface area contributed by atoms with Crippen LogP contribution in [0.5, 0.6) is 0 Å². The highest BCUT2D eigenvalue weighted by Gasteiger charge is 2.27. The maximum Gasteiger partial charge on any atom is 0.338 e. The number of halogens is 1. The van der Waals surface area contributed by atoms with Gasteiger partial charge in [0.05, 0.1) is 22.8 Å². The summed E-state index contributed by atoms with van der Waals surface area (Å²) in [6, 6.07) is 17.4. The molecular weight excluding hydrogens is 476 g/mol. The van der Waals surface area contributed by atoms with E-state index in [0.717, 1.165) is 9.87 Å². The van der Waals surface area contributed by atoms with Crippen LogP contribution in [0.4, 0.5) is 11.4 Å². The molecule has 0 aliphatic carbocycles. The van der Waals surface area contributed by atoms with Gasteiger partial charge in [-0.25, -0.2) is 13.2 Å². The molecule has 0 atom stereocenters. The number of sulfonamides is 1. The quantitative estimate of drug-likeness (QED) is 0.441. The minimum absolute atomic E-state index is 0.0150. The molecule has 3 aromatic carbocycles. The number of hydrogen-bond acceptors (Lipinski definition) is 5. The van der Waals surface area contributed by atoms with E-state index in [-0.39, 0.29) is 11.5 Å². The van der Waals surface area contributed by atoms with Crippen LogP contribution in [0.25, 0.3) is 0 Å². The Morgan fingerprint density at radius 1 is 1.00 bits per heavy atom. The molecule has 0 unspecified atom stereocenters. The molecule has 0 aliphatic heterocycles. The van der Waals surface area contributed by atoms with Crippen molar-refractivity contribution < 1.29 is 22.7 Å². The number of benzene rings is 3. The lowest BCUT2D eigenvalue weighted by atomic mass is 10.1. The number of aryl methyl sites for hydroxylation is 2. The van der Waals surface area contributed by atoms with Gasteiger partial charge in [0.25, 0.3) is 10.0 Å². The Morgan fingerprint density at radius 3 is 2.32 bits per heavy atom. The minimum Gasteiger partial charge on any atom is -0.462 e. The fourth-order valence-corrected chi connectivity index (χ4v) is 4.84. The molecule has 0 aromatic heterocycles. The molecule has 34 heavy (non-hydrogen) atoms. The first kappa shape index (κ1) is 25.3. The van der Waals surface area contributed by atoms with Crippen molar-refractivity contribution in [2.75, 3.05) is 22.8 Å². The highest BCUT2D eigenvalue weighted by atomic mass is 35.5. The molecule has 7 nitrogen and oxygen atoms in total. The molecular formula is C25H25ClN2O5S. The second-order valence-corrected chi connectivity index (χ2v) is 9.90. The molecule has 0 aliphatic rings. The van der Waals surface area contributed by atoms with E-state index in [1.54, 1.807) is 50.2 Å². The molecule has 0 spiro atoms. The highest BCUT2D eigenvalue weighted by molar-refractivity contribution is 7.92. The Kier molecular flexibility index (Phi) is 7.96. The third-order valence-corrected chi connectivity index (χ3v) is 7.03. The summed E-state index contributed by atoms with van der Waals surface area (Å²) in [5.41, 5.74) is 2.68. The summed E-state index contributed by atoms with van der Waals surface area (Å²) in [4.78, 5) is 24.9. The van der Waals surface area contributed by atoms with Crippen LogP contribution in [0.1, 0.15) is 28.4 Å². The van der Waals surface area contributed by atoms with Crippen molar-refractivity contribution in [3.8, 4) is 0 Å². The first-order valence-electron chi connectivity index (χ1n) is 10.5. The van der Waals surface area contributed by atoms with Crippen LogP contribution in [0.15, 0.2) is 71.6 Å². The fourth-order valence-electron chi connectivity index (χ4n) is 3.30. The Morgan fingerprint density at radius 2 is 1.71 bits per heavy atom. The molecule has 1 N–H and O–H groups in total. The average Bonchev–Trinajstić information content (AvgIpc) is 2.79. The lowest BCUT2D eigenvalue weighted by Gasteiger charge is -2.24. The molecule has 1 amide bonds. The van der Waals surface area contributed by atoms with Crippen LogP contribution in [-0.2, 0) is 19.6 Å². The Bertz CT molecular complexity index is 1310. The molecule has 9 heteroatoms. The van der Waals surface area contributed by atoms with Crippen molar-refractivity contribution in [2.45, 2.75) is 25.7 Å². The summed E-state index contributed by atoms with van der Waals surface area (Å²) in [6.45, 7) is 5.10. The van der Waals surface area contributed by atoms with Crippen molar-refractivity contribution in [1.29, 1.82) is 0 Å². The molecule has 3 rings (SSSR count). The van der Waals surface area contributed by atoms with Crippen molar-refractivity contribution in [1.82, 2.24) is 0 Å². The summed E-state index contributed by atoms with van der Waals surface area (Å²) >= 11 is 5.92. The van der Waals surface area contributed by atoms with Gasteiger partial charge in [-0.3, -0.25) is 9.10 Å². The Balaban J connectivity index is 1.89. The van der Waals surface area contributed by atoms with E-state index in [0.29, 0.717) is 27.5 Å². The number of esters is 1. The van der Waals surface area contributed by atoms with E-state index in [1.807, 2.05) is 13.0 Å². The van der Waals surface area contributed by atoms with E-state index in [9.17, 15) is 18.0 Å². The van der Waals surface area contributed by atoms with Gasteiger partial charge >= 0.3 is 5.97 Å². The minimum atomic E-state index is -4.06. The first-order valence-corrected chi connectivity index (χ1v) is 12.4. The van der Waals surface area contributed by atoms with Crippen molar-refractivity contribution in [3.63, 3.8) is 0 Å². The van der Waals surface area contributed by atoms with Crippen molar-refractivity contribution >= 4 is 44.9 Å². The number of hydrogen-bond donors (Lipinski definition) is 1. The molecule has 178 valence electrons. The van der Waals surface area contributed by atoms with Crippen molar-refractivity contribution in [2.24, 2.45) is 0 Å². The number of nitrogens with zero attached hydrogens (tertiary/aromatic N) is 1. The summed E-state index contributed by atoms with van der Waals surface area (Å²) in [5.74, 6) is -0.991. The number of amides is 1. The van der Waals surface area contributed by atoms with Crippen molar-refractivity contribution in [3.05, 3.63) is 88.4 Å². The first-order chi connectivity index (χ1) is 16.1. The predicted molar refractivity (Wildman–Crippen MR) is 133 cm³/mol. The van der Waals surface area contributed by atoms with Gasteiger partial charge in [0, 0.05) is 10.7 Å². The molecule has 0 radical (unpaired) electrons. The topological polar surface area (TPSA) is 92.8 Å². The Labute approximate surface area is 204 Å². The summed E-state index contributed by atoms with van der Waals surface area (Å²) in [5, 5.41) is 3.14. The maximum absolute atomic E-state index is 13.4. The lowest BCUT2D eigenvalue weighted by molar-refractivity contribution is -0.114. The zero-order chi connectivity index (χ0) is 24.9. The number of carbonyl (C=O) groups excluding carboxylic acids is 2. The summed E-state index contributed by atoms with van der Waals surface area (Å²) < 4.78 is 32.9. The van der Waals surface area contributed by atoms with Crippen LogP contribution >= 0.6 is 11.6 Å². The standard InChI is InChI=1S/C25H25ClN2O5S/c1-4-33-25(30)19-8-13-23(18(3)15-19)27-24(29)16-28(21-7-5-6-17(2)14-21)34(31,32)22-11-9-20(26)10-12-22/h5-15H,4,16H2,1-3H3,(H,27,29). The number of nitrogens with one attached hydrogen (secondary N) is 1. The number of ether oxygens (including phenoxy) is 1. The predicted octanol–water partition coefficient (Wildman–Crippen LogP) is 4.97. The number of carbonyl (C=O) groups is 2. The van der Waals surface area contributed by atoms with E-state index in [1.165, 1.54) is 24.3 Å². The third-order valence-electron chi connectivity index (χ3n) is 4.99. The van der Waals surface area contributed by atoms with Gasteiger partial charge < -0.3 is 10.1 Å². The van der Waals surface area contributed by atoms with Gasteiger partial charge in [-0.15, -0.1) is 0 Å². The normalized spacial score (nSPS) is 11.1. The van der Waals surface area contributed by atoms with Crippen LogP contribution < -0.4 is 9.62 Å². The van der Waals surface area contributed by atoms with Gasteiger partial charge in [-0.05, 0) is 86.5 Å². The molecule has 0 bridgehead atoms. The number of rotatable bonds is 8. The largest absolute Gasteiger partial charge is 0.462 e. The van der Waals surface area contributed by atoms with E-state index in [2.05, 4.69) is 5.32 Å². The maximum atomic E-state index is 13.4. The van der Waals surface area contributed by atoms with Crippen LogP contribution in [0, 0.1) is 13.8 Å². The number of anilines is 2. The molecule has 0 saturated heterocycles. The van der Waals surface area contributed by atoms with Gasteiger partial charge in [-0.1, -0.05) is 23.7 Å². The highest BCUT2D eigenvalue weighted by Crippen LogP contribution is 2.26. The van der Waals surface area contributed by atoms with Gasteiger partial charge in [0.1, 0.15) is 6.54 Å². The third kappa shape index (κ3) is 5.95. The fraction of sp³-hybridized carbons (Fsp3) is 0.200. The second kappa shape index (κ2) is 10.7. The van der Waals surface area contributed by atoms with E-state index in [4.69, 9.17) is 16.3 Å². The van der Waals surface area contributed by atoms with E-state index < -0.39 is 28.4 Å². The van der Waals surface area contributed by atoms with Crippen LogP contribution in [-0.4, -0.2) is 33.4 Å². The van der Waals surface area contributed by atoms with Crippen LogP contribution in [0.2, 0.25) is 5.02 Å². The second-order valence-electron chi connectivity index (χ2n) is 7.60. The smallest absolute Gasteiger partial charge is 0.338 e. The average molecular weight is 501 g/mol. The van der Waals surface area contributed by atoms with E-state index >= 15 is 0 Å². The summed E-state index contributed by atoms with van der Waals surface area (Å²) in [6.07, 6.45) is 0. The zero-order valence-corrected chi connectivity index (χ0v) is 20.6. The van der Waals surface area contributed by atoms with Gasteiger partial charge in [0.2, 0.25) is 5.91 Å². The molecule has 0 saturated carbocycles. The molecule has 0 heterocycles.